The van der Waals surface area contributed by atoms with Crippen molar-refractivity contribution in [2.75, 3.05) is 19.0 Å². The van der Waals surface area contributed by atoms with Crippen molar-refractivity contribution in [3.8, 4) is 11.5 Å². The Kier molecular flexibility index (Phi) is 6.79. The van der Waals surface area contributed by atoms with Gasteiger partial charge in [0, 0.05) is 12.6 Å². The summed E-state index contributed by atoms with van der Waals surface area (Å²) in [5.41, 5.74) is 1.51. The SMILES string of the molecule is CCOc1ccc(NC(=O)/C(=C\c2ccc(OC)cc2)NC(C)=O)cc1. The van der Waals surface area contributed by atoms with Gasteiger partial charge in [0.2, 0.25) is 5.91 Å². The number of hydrogen-bond donors (Lipinski definition) is 2. The maximum atomic E-state index is 12.5. The van der Waals surface area contributed by atoms with Gasteiger partial charge in [-0.25, -0.2) is 0 Å². The predicted molar refractivity (Wildman–Crippen MR) is 101 cm³/mol. The molecule has 0 heterocycles. The summed E-state index contributed by atoms with van der Waals surface area (Å²) in [5.74, 6) is 0.690. The molecule has 2 amide bonds. The number of methoxy groups -OCH3 is 1. The zero-order valence-corrected chi connectivity index (χ0v) is 15.0. The maximum absolute atomic E-state index is 12.5. The number of nitrogens with one attached hydrogen (secondary N) is 2. The van der Waals surface area contributed by atoms with E-state index < -0.39 is 5.91 Å². The molecule has 0 saturated carbocycles. The summed E-state index contributed by atoms with van der Waals surface area (Å²) in [5, 5.41) is 5.32. The van der Waals surface area contributed by atoms with E-state index in [1.807, 2.05) is 6.92 Å². The molecule has 0 unspecified atom stereocenters. The lowest BCUT2D eigenvalue weighted by Crippen LogP contribution is -2.28. The fourth-order valence-electron chi connectivity index (χ4n) is 2.21. The average Bonchev–Trinajstić information content (AvgIpc) is 2.63. The van der Waals surface area contributed by atoms with Gasteiger partial charge in [0.15, 0.2) is 0 Å². The summed E-state index contributed by atoms with van der Waals surface area (Å²) in [7, 11) is 1.58. The third kappa shape index (κ3) is 5.66. The van der Waals surface area contributed by atoms with Crippen LogP contribution in [0.4, 0.5) is 5.69 Å². The van der Waals surface area contributed by atoms with Gasteiger partial charge in [0.05, 0.1) is 13.7 Å². The Hall–Kier alpha value is -3.28. The molecular formula is C20H22N2O4. The number of rotatable bonds is 7. The van der Waals surface area contributed by atoms with Gasteiger partial charge in [-0.15, -0.1) is 0 Å². The summed E-state index contributed by atoms with van der Waals surface area (Å²) >= 11 is 0. The molecule has 2 aromatic rings. The Morgan fingerprint density at radius 1 is 1.00 bits per heavy atom. The van der Waals surface area contributed by atoms with Crippen LogP contribution in [0.5, 0.6) is 11.5 Å². The summed E-state index contributed by atoms with van der Waals surface area (Å²) in [6.45, 7) is 3.83. The molecule has 136 valence electrons. The molecule has 26 heavy (non-hydrogen) atoms. The molecule has 0 saturated heterocycles. The molecule has 6 heteroatoms. The second kappa shape index (κ2) is 9.27. The van der Waals surface area contributed by atoms with Crippen LogP contribution >= 0.6 is 0 Å². The van der Waals surface area contributed by atoms with Gasteiger partial charge >= 0.3 is 0 Å². The number of carbonyl (C=O) groups excluding carboxylic acids is 2. The first kappa shape index (κ1) is 19.1. The standard InChI is InChI=1S/C20H22N2O4/c1-4-26-18-11-7-16(8-12-18)22-20(24)19(21-14(2)23)13-15-5-9-17(25-3)10-6-15/h5-13H,4H2,1-3H3,(H,21,23)(H,22,24)/b19-13+. The number of amides is 2. The van der Waals surface area contributed by atoms with E-state index in [1.165, 1.54) is 6.92 Å². The van der Waals surface area contributed by atoms with E-state index in [1.54, 1.807) is 61.7 Å². The molecule has 2 N–H and O–H groups in total. The highest BCUT2D eigenvalue weighted by molar-refractivity contribution is 6.08. The molecule has 2 aromatic carbocycles. The second-order valence-electron chi connectivity index (χ2n) is 5.42. The number of ether oxygens (including phenoxy) is 2. The topological polar surface area (TPSA) is 76.7 Å². The van der Waals surface area contributed by atoms with Crippen LogP contribution < -0.4 is 20.1 Å². The van der Waals surface area contributed by atoms with Crippen LogP contribution in [0.1, 0.15) is 19.4 Å². The van der Waals surface area contributed by atoms with Crippen LogP contribution in [-0.2, 0) is 9.59 Å². The fraction of sp³-hybridized carbons (Fsp3) is 0.200. The van der Waals surface area contributed by atoms with Gasteiger partial charge in [0.1, 0.15) is 17.2 Å². The predicted octanol–water partition coefficient (Wildman–Crippen LogP) is 3.21. The maximum Gasteiger partial charge on any atom is 0.272 e. The van der Waals surface area contributed by atoms with Crippen LogP contribution in [0, 0.1) is 0 Å². The zero-order chi connectivity index (χ0) is 18.9. The Bertz CT molecular complexity index is 780. The molecule has 0 bridgehead atoms. The van der Waals surface area contributed by atoms with Crippen molar-refractivity contribution in [2.45, 2.75) is 13.8 Å². The Labute approximate surface area is 152 Å². The third-order valence-electron chi connectivity index (χ3n) is 3.41. The van der Waals surface area contributed by atoms with Crippen molar-refractivity contribution < 1.29 is 19.1 Å². The van der Waals surface area contributed by atoms with Crippen molar-refractivity contribution in [1.29, 1.82) is 0 Å². The minimum absolute atomic E-state index is 0.150. The Morgan fingerprint density at radius 3 is 2.15 bits per heavy atom. The van der Waals surface area contributed by atoms with E-state index in [9.17, 15) is 9.59 Å². The van der Waals surface area contributed by atoms with Gasteiger partial charge in [-0.1, -0.05) is 12.1 Å². The summed E-state index contributed by atoms with van der Waals surface area (Å²) in [4.78, 5) is 24.0. The smallest absolute Gasteiger partial charge is 0.272 e. The zero-order valence-electron chi connectivity index (χ0n) is 15.0. The molecule has 0 aromatic heterocycles. The molecule has 6 nitrogen and oxygen atoms in total. The highest BCUT2D eigenvalue weighted by Crippen LogP contribution is 2.17. The van der Waals surface area contributed by atoms with E-state index in [0.717, 1.165) is 11.3 Å². The minimum atomic E-state index is -0.417. The number of benzene rings is 2. The van der Waals surface area contributed by atoms with Crippen molar-refractivity contribution in [3.05, 3.63) is 59.8 Å². The van der Waals surface area contributed by atoms with Crippen LogP contribution in [0.25, 0.3) is 6.08 Å². The lowest BCUT2D eigenvalue weighted by molar-refractivity contribution is -0.120. The van der Waals surface area contributed by atoms with E-state index >= 15 is 0 Å². The number of carbonyl (C=O) groups is 2. The molecule has 0 radical (unpaired) electrons. The van der Waals surface area contributed by atoms with Crippen molar-refractivity contribution in [2.24, 2.45) is 0 Å². The molecule has 0 fully saturated rings. The van der Waals surface area contributed by atoms with Crippen LogP contribution in [0.3, 0.4) is 0 Å². The molecule has 0 spiro atoms. The largest absolute Gasteiger partial charge is 0.497 e. The van der Waals surface area contributed by atoms with Gasteiger partial charge in [-0.05, 0) is 55.0 Å². The highest BCUT2D eigenvalue weighted by atomic mass is 16.5. The lowest BCUT2D eigenvalue weighted by Gasteiger charge is -2.11. The molecule has 0 aliphatic rings. The average molecular weight is 354 g/mol. The molecule has 0 aliphatic heterocycles. The van der Waals surface area contributed by atoms with Gasteiger partial charge in [0.25, 0.3) is 5.91 Å². The Morgan fingerprint density at radius 2 is 1.62 bits per heavy atom. The van der Waals surface area contributed by atoms with Gasteiger partial charge in [-0.2, -0.15) is 0 Å². The monoisotopic (exact) mass is 354 g/mol. The summed E-state index contributed by atoms with van der Waals surface area (Å²) in [6.07, 6.45) is 1.60. The molecule has 0 aliphatic carbocycles. The van der Waals surface area contributed by atoms with Gasteiger partial charge < -0.3 is 20.1 Å². The van der Waals surface area contributed by atoms with Crippen LogP contribution in [0.15, 0.2) is 54.2 Å². The Balaban J connectivity index is 2.17. The highest BCUT2D eigenvalue weighted by Gasteiger charge is 2.12. The number of anilines is 1. The van der Waals surface area contributed by atoms with Crippen molar-refractivity contribution in [1.82, 2.24) is 5.32 Å². The summed E-state index contributed by atoms with van der Waals surface area (Å²) < 4.78 is 10.5. The lowest BCUT2D eigenvalue weighted by atomic mass is 10.1. The van der Waals surface area contributed by atoms with E-state index in [-0.39, 0.29) is 11.6 Å². The van der Waals surface area contributed by atoms with Gasteiger partial charge in [-0.3, -0.25) is 9.59 Å². The summed E-state index contributed by atoms with van der Waals surface area (Å²) in [6, 6.07) is 14.2. The second-order valence-corrected chi connectivity index (χ2v) is 5.42. The van der Waals surface area contributed by atoms with Crippen LogP contribution in [0.2, 0.25) is 0 Å². The first-order valence-electron chi connectivity index (χ1n) is 8.19. The van der Waals surface area contributed by atoms with E-state index in [0.29, 0.717) is 18.0 Å². The third-order valence-corrected chi connectivity index (χ3v) is 3.41. The van der Waals surface area contributed by atoms with Crippen molar-refractivity contribution >= 4 is 23.6 Å². The quantitative estimate of drug-likeness (QED) is 0.749. The molecule has 2 rings (SSSR count). The van der Waals surface area contributed by atoms with Crippen LogP contribution in [-0.4, -0.2) is 25.5 Å². The normalized spacial score (nSPS) is 10.8. The fourth-order valence-corrected chi connectivity index (χ4v) is 2.21. The number of hydrogen-bond acceptors (Lipinski definition) is 4. The first-order chi connectivity index (χ1) is 12.5. The van der Waals surface area contributed by atoms with E-state index in [4.69, 9.17) is 9.47 Å². The van der Waals surface area contributed by atoms with Crippen molar-refractivity contribution in [3.63, 3.8) is 0 Å². The molecular weight excluding hydrogens is 332 g/mol. The minimum Gasteiger partial charge on any atom is -0.497 e. The molecule has 0 atom stereocenters. The first-order valence-corrected chi connectivity index (χ1v) is 8.19. The van der Waals surface area contributed by atoms with E-state index in [2.05, 4.69) is 10.6 Å².